The highest BCUT2D eigenvalue weighted by Crippen LogP contribution is 2.22. The number of aryl methyl sites for hydroxylation is 1. The third-order valence-electron chi connectivity index (χ3n) is 5.01. The second kappa shape index (κ2) is 10.1. The molecular weight excluding hydrogens is 454 g/mol. The molecule has 2 aromatic rings. The maximum Gasteiger partial charge on any atom is 0.339 e. The van der Waals surface area contributed by atoms with Crippen molar-refractivity contribution >= 4 is 33.3 Å². The number of benzene rings is 2. The van der Waals surface area contributed by atoms with E-state index >= 15 is 0 Å². The number of nitrogens with zero attached hydrogens (tertiary/aromatic N) is 2. The van der Waals surface area contributed by atoms with Gasteiger partial charge in [-0.25, -0.2) is 13.2 Å². The largest absolute Gasteiger partial charge is 0.449 e. The van der Waals surface area contributed by atoms with Gasteiger partial charge in [0.1, 0.15) is 0 Å². The molecule has 1 aliphatic rings. The molecule has 1 atom stereocenters. The molecule has 1 amide bonds. The summed E-state index contributed by atoms with van der Waals surface area (Å²) in [5.41, 5.74) is 0.463. The van der Waals surface area contributed by atoms with Crippen LogP contribution in [-0.4, -0.2) is 61.9 Å². The molecule has 2 aromatic carbocycles. The van der Waals surface area contributed by atoms with Gasteiger partial charge < -0.3 is 14.8 Å². The van der Waals surface area contributed by atoms with E-state index in [9.17, 15) is 28.1 Å². The smallest absolute Gasteiger partial charge is 0.339 e. The van der Waals surface area contributed by atoms with E-state index in [0.717, 1.165) is 0 Å². The predicted octanol–water partition coefficient (Wildman–Crippen LogP) is 2.11. The van der Waals surface area contributed by atoms with Crippen LogP contribution in [0.25, 0.3) is 0 Å². The van der Waals surface area contributed by atoms with Crippen molar-refractivity contribution in [1.82, 2.24) is 4.31 Å². The number of esters is 1. The molecule has 1 heterocycles. The van der Waals surface area contributed by atoms with E-state index < -0.39 is 32.9 Å². The van der Waals surface area contributed by atoms with Gasteiger partial charge in [0.15, 0.2) is 6.10 Å². The van der Waals surface area contributed by atoms with Crippen molar-refractivity contribution in [2.24, 2.45) is 0 Å². The molecule has 0 aliphatic carbocycles. The van der Waals surface area contributed by atoms with E-state index in [1.807, 2.05) is 0 Å². The molecule has 12 heteroatoms. The van der Waals surface area contributed by atoms with Crippen LogP contribution >= 0.6 is 0 Å². The van der Waals surface area contributed by atoms with Gasteiger partial charge in [-0.3, -0.25) is 14.9 Å². The van der Waals surface area contributed by atoms with Crippen molar-refractivity contribution in [2.45, 2.75) is 24.8 Å². The van der Waals surface area contributed by atoms with Crippen LogP contribution < -0.4 is 5.32 Å². The number of nitro benzene ring substituents is 1. The van der Waals surface area contributed by atoms with E-state index in [0.29, 0.717) is 5.56 Å². The van der Waals surface area contributed by atoms with E-state index in [4.69, 9.17) is 9.47 Å². The first-order chi connectivity index (χ1) is 15.6. The summed E-state index contributed by atoms with van der Waals surface area (Å²) in [5, 5.41) is 13.3. The Kier molecular flexibility index (Phi) is 7.41. The first kappa shape index (κ1) is 24.3. The van der Waals surface area contributed by atoms with Crippen LogP contribution in [0, 0.1) is 17.0 Å². The summed E-state index contributed by atoms with van der Waals surface area (Å²) in [6.07, 6.45) is -1.24. The molecule has 1 N–H and O–H groups in total. The van der Waals surface area contributed by atoms with Crippen molar-refractivity contribution in [3.63, 3.8) is 0 Å². The lowest BCUT2D eigenvalue weighted by Crippen LogP contribution is -2.40. The standard InChI is InChI=1S/C21H23N3O8S/c1-14-6-7-18(33(29,30)23-8-10-31-11-9-23)13-19(14)21(26)32-15(2)20(25)22-16-4-3-5-17(12-16)24(27)28/h3-7,12-13,15H,8-11H2,1-2H3,(H,22,25). The topological polar surface area (TPSA) is 145 Å². The number of carbonyl (C=O) groups excluding carboxylic acids is 2. The Labute approximate surface area is 190 Å². The molecule has 33 heavy (non-hydrogen) atoms. The average Bonchev–Trinajstić information content (AvgIpc) is 2.79. The minimum absolute atomic E-state index is 0.0133. The van der Waals surface area contributed by atoms with Crippen molar-refractivity contribution in [2.75, 3.05) is 31.6 Å². The highest BCUT2D eigenvalue weighted by atomic mass is 32.2. The lowest BCUT2D eigenvalue weighted by molar-refractivity contribution is -0.384. The number of hydrogen-bond donors (Lipinski definition) is 1. The summed E-state index contributed by atoms with van der Waals surface area (Å²) < 4.78 is 37.5. The van der Waals surface area contributed by atoms with Gasteiger partial charge in [0.05, 0.1) is 28.6 Å². The molecular formula is C21H23N3O8S. The second-order valence-corrected chi connectivity index (χ2v) is 9.28. The van der Waals surface area contributed by atoms with Gasteiger partial charge in [0.2, 0.25) is 10.0 Å². The molecule has 0 bridgehead atoms. The van der Waals surface area contributed by atoms with Crippen molar-refractivity contribution in [3.8, 4) is 0 Å². The third kappa shape index (κ3) is 5.72. The minimum atomic E-state index is -3.82. The Balaban J connectivity index is 1.73. The van der Waals surface area contributed by atoms with E-state index in [-0.39, 0.29) is 48.1 Å². The first-order valence-corrected chi connectivity index (χ1v) is 11.5. The van der Waals surface area contributed by atoms with Crippen molar-refractivity contribution in [3.05, 3.63) is 63.7 Å². The molecule has 11 nitrogen and oxygen atoms in total. The van der Waals surface area contributed by atoms with Gasteiger partial charge >= 0.3 is 5.97 Å². The van der Waals surface area contributed by atoms with E-state index in [2.05, 4.69) is 5.32 Å². The monoisotopic (exact) mass is 477 g/mol. The molecule has 1 saturated heterocycles. The fourth-order valence-corrected chi connectivity index (χ4v) is 4.57. The summed E-state index contributed by atoms with van der Waals surface area (Å²) in [5.74, 6) is -1.56. The molecule has 176 valence electrons. The summed E-state index contributed by atoms with van der Waals surface area (Å²) in [4.78, 5) is 35.3. The molecule has 1 unspecified atom stereocenters. The van der Waals surface area contributed by atoms with Gasteiger partial charge in [-0.15, -0.1) is 0 Å². The number of nitro groups is 1. The lowest BCUT2D eigenvalue weighted by Gasteiger charge is -2.26. The Hall–Kier alpha value is -3.35. The molecule has 3 rings (SSSR count). The van der Waals surface area contributed by atoms with Crippen LogP contribution in [0.5, 0.6) is 0 Å². The number of non-ortho nitro benzene ring substituents is 1. The first-order valence-electron chi connectivity index (χ1n) is 10.0. The Morgan fingerprint density at radius 1 is 1.18 bits per heavy atom. The number of hydrogen-bond acceptors (Lipinski definition) is 8. The number of morpholine rings is 1. The number of rotatable bonds is 7. The number of ether oxygens (including phenoxy) is 2. The fourth-order valence-electron chi connectivity index (χ4n) is 3.14. The van der Waals surface area contributed by atoms with Gasteiger partial charge in [-0.1, -0.05) is 12.1 Å². The van der Waals surface area contributed by atoms with Gasteiger partial charge in [-0.05, 0) is 37.6 Å². The van der Waals surface area contributed by atoms with Crippen molar-refractivity contribution in [1.29, 1.82) is 0 Å². The minimum Gasteiger partial charge on any atom is -0.449 e. The van der Waals surface area contributed by atoms with Gasteiger partial charge in [0.25, 0.3) is 11.6 Å². The highest BCUT2D eigenvalue weighted by molar-refractivity contribution is 7.89. The molecule has 0 aromatic heterocycles. The number of amides is 1. The number of anilines is 1. The molecule has 0 radical (unpaired) electrons. The van der Waals surface area contributed by atoms with Crippen LogP contribution in [0.4, 0.5) is 11.4 Å². The van der Waals surface area contributed by atoms with Crippen LogP contribution in [0.3, 0.4) is 0 Å². The quantitative estimate of drug-likeness (QED) is 0.363. The van der Waals surface area contributed by atoms with Gasteiger partial charge in [0, 0.05) is 30.9 Å². The third-order valence-corrected chi connectivity index (χ3v) is 6.91. The predicted molar refractivity (Wildman–Crippen MR) is 117 cm³/mol. The Morgan fingerprint density at radius 2 is 1.88 bits per heavy atom. The highest BCUT2D eigenvalue weighted by Gasteiger charge is 2.28. The normalized spacial score (nSPS) is 15.5. The number of sulfonamides is 1. The van der Waals surface area contributed by atoms with Crippen LogP contribution in [0.2, 0.25) is 0 Å². The fraction of sp³-hybridized carbons (Fsp3) is 0.333. The summed E-state index contributed by atoms with van der Waals surface area (Å²) in [6.45, 7) is 3.97. The molecule has 0 saturated carbocycles. The van der Waals surface area contributed by atoms with Crippen LogP contribution in [-0.2, 0) is 24.3 Å². The molecule has 1 aliphatic heterocycles. The lowest BCUT2D eigenvalue weighted by atomic mass is 10.1. The summed E-state index contributed by atoms with van der Waals surface area (Å²) in [6, 6.07) is 9.47. The maximum atomic E-state index is 12.9. The van der Waals surface area contributed by atoms with Crippen molar-refractivity contribution < 1.29 is 32.4 Å². The Bertz CT molecular complexity index is 1180. The number of carbonyl (C=O) groups is 2. The number of nitrogens with one attached hydrogen (secondary N) is 1. The zero-order valence-corrected chi connectivity index (χ0v) is 18.8. The zero-order valence-electron chi connectivity index (χ0n) is 18.0. The van der Waals surface area contributed by atoms with Crippen LogP contribution in [0.15, 0.2) is 47.4 Å². The second-order valence-electron chi connectivity index (χ2n) is 7.34. The Morgan fingerprint density at radius 3 is 2.55 bits per heavy atom. The zero-order chi connectivity index (χ0) is 24.2. The van der Waals surface area contributed by atoms with E-state index in [1.165, 1.54) is 53.7 Å². The SMILES string of the molecule is Cc1ccc(S(=O)(=O)N2CCOCC2)cc1C(=O)OC(C)C(=O)Nc1cccc([N+](=O)[O-])c1. The van der Waals surface area contributed by atoms with E-state index in [1.54, 1.807) is 6.92 Å². The summed E-state index contributed by atoms with van der Waals surface area (Å²) >= 11 is 0. The molecule has 1 fully saturated rings. The van der Waals surface area contributed by atoms with Gasteiger partial charge in [-0.2, -0.15) is 4.31 Å². The molecule has 0 spiro atoms. The summed E-state index contributed by atoms with van der Waals surface area (Å²) in [7, 11) is -3.82. The maximum absolute atomic E-state index is 12.9. The average molecular weight is 477 g/mol. The van der Waals surface area contributed by atoms with Crippen LogP contribution in [0.1, 0.15) is 22.8 Å².